The van der Waals surface area contributed by atoms with Gasteiger partial charge in [0.15, 0.2) is 5.43 Å². The van der Waals surface area contributed by atoms with E-state index in [2.05, 4.69) is 6.92 Å². The number of nitrogens with zero attached hydrogens (tertiary/aromatic N) is 1. The van der Waals surface area contributed by atoms with Crippen LogP contribution in [0.2, 0.25) is 0 Å². The highest BCUT2D eigenvalue weighted by molar-refractivity contribution is 6.10. The van der Waals surface area contributed by atoms with Gasteiger partial charge in [0.05, 0.1) is 23.6 Å². The largest absolute Gasteiger partial charge is 0.494 e. The summed E-state index contributed by atoms with van der Waals surface area (Å²) in [5.74, 6) is 0.555. The molecule has 172 valence electrons. The maximum atomic E-state index is 13.7. The molecule has 1 amide bonds. The first-order valence-electron chi connectivity index (χ1n) is 11.6. The van der Waals surface area contributed by atoms with Crippen LogP contribution in [-0.4, -0.2) is 12.5 Å². The fraction of sp³-hybridized carbons (Fsp3) is 0.241. The molecule has 1 aliphatic rings. The zero-order valence-corrected chi connectivity index (χ0v) is 19.8. The predicted octanol–water partition coefficient (Wildman–Crippen LogP) is 6.26. The van der Waals surface area contributed by atoms with Crippen LogP contribution in [0, 0.1) is 20.8 Å². The average Bonchev–Trinajstić information content (AvgIpc) is 3.13. The first-order chi connectivity index (χ1) is 16.4. The van der Waals surface area contributed by atoms with E-state index in [1.807, 2.05) is 75.4 Å². The van der Waals surface area contributed by atoms with Crippen molar-refractivity contribution >= 4 is 22.6 Å². The molecule has 5 heteroatoms. The van der Waals surface area contributed by atoms with E-state index < -0.39 is 6.04 Å². The van der Waals surface area contributed by atoms with Crippen LogP contribution in [-0.2, 0) is 0 Å². The first-order valence-corrected chi connectivity index (χ1v) is 11.6. The van der Waals surface area contributed by atoms with Crippen molar-refractivity contribution < 1.29 is 13.9 Å². The second-order valence-corrected chi connectivity index (χ2v) is 8.94. The van der Waals surface area contributed by atoms with Crippen molar-refractivity contribution in [2.24, 2.45) is 0 Å². The van der Waals surface area contributed by atoms with Gasteiger partial charge in [-0.2, -0.15) is 0 Å². The number of carbonyl (C=O) groups excluding carboxylic acids is 1. The van der Waals surface area contributed by atoms with Gasteiger partial charge in [-0.15, -0.1) is 0 Å². The molecule has 34 heavy (non-hydrogen) atoms. The van der Waals surface area contributed by atoms with E-state index in [-0.39, 0.29) is 17.1 Å². The molecule has 1 aromatic heterocycles. The van der Waals surface area contributed by atoms with E-state index in [0.29, 0.717) is 23.1 Å². The minimum atomic E-state index is -0.592. The SMILES string of the molecule is CCCOc1ccc(C2c3c(oc4ccc(C)cc4c3=O)C(=O)N2c2ccc(C)c(C)c2)cc1. The van der Waals surface area contributed by atoms with Gasteiger partial charge in [0, 0.05) is 5.69 Å². The van der Waals surface area contributed by atoms with Gasteiger partial charge in [0.1, 0.15) is 11.3 Å². The monoisotopic (exact) mass is 453 g/mol. The molecule has 0 aliphatic carbocycles. The summed E-state index contributed by atoms with van der Waals surface area (Å²) in [5.41, 5.74) is 5.36. The summed E-state index contributed by atoms with van der Waals surface area (Å²) < 4.78 is 11.8. The van der Waals surface area contributed by atoms with Crippen molar-refractivity contribution in [1.29, 1.82) is 0 Å². The van der Waals surface area contributed by atoms with E-state index in [1.165, 1.54) is 0 Å². The van der Waals surface area contributed by atoms with Crippen LogP contribution in [0.5, 0.6) is 5.75 Å². The second kappa shape index (κ2) is 8.49. The molecule has 0 spiro atoms. The Morgan fingerprint density at radius 3 is 2.38 bits per heavy atom. The zero-order chi connectivity index (χ0) is 24.0. The molecular weight excluding hydrogens is 426 g/mol. The van der Waals surface area contributed by atoms with Gasteiger partial charge in [-0.1, -0.05) is 36.8 Å². The summed E-state index contributed by atoms with van der Waals surface area (Å²) in [6.45, 7) is 8.68. The maximum absolute atomic E-state index is 13.7. The lowest BCUT2D eigenvalue weighted by atomic mass is 9.97. The van der Waals surface area contributed by atoms with Crippen molar-refractivity contribution in [1.82, 2.24) is 0 Å². The molecule has 1 aliphatic heterocycles. The number of amides is 1. The van der Waals surface area contributed by atoms with E-state index in [9.17, 15) is 9.59 Å². The summed E-state index contributed by atoms with van der Waals surface area (Å²) in [5, 5.41) is 0.487. The third kappa shape index (κ3) is 3.58. The fourth-order valence-corrected chi connectivity index (χ4v) is 4.51. The number of hydrogen-bond acceptors (Lipinski definition) is 4. The van der Waals surface area contributed by atoms with Gasteiger partial charge in [0.2, 0.25) is 5.76 Å². The fourth-order valence-electron chi connectivity index (χ4n) is 4.51. The molecule has 0 saturated carbocycles. The highest BCUT2D eigenvalue weighted by Crippen LogP contribution is 2.42. The van der Waals surface area contributed by atoms with Gasteiger partial charge in [-0.05, 0) is 80.3 Å². The number of hydrogen-bond donors (Lipinski definition) is 0. The lowest BCUT2D eigenvalue weighted by Gasteiger charge is -2.26. The van der Waals surface area contributed by atoms with Crippen LogP contribution in [0.1, 0.15) is 57.8 Å². The molecule has 1 unspecified atom stereocenters. The van der Waals surface area contributed by atoms with E-state index in [0.717, 1.165) is 40.1 Å². The summed E-state index contributed by atoms with van der Waals surface area (Å²) >= 11 is 0. The number of anilines is 1. The molecule has 0 radical (unpaired) electrons. The molecule has 0 N–H and O–H groups in total. The number of rotatable bonds is 5. The Hall–Kier alpha value is -3.86. The smallest absolute Gasteiger partial charge is 0.295 e. The highest BCUT2D eigenvalue weighted by Gasteiger charge is 2.43. The van der Waals surface area contributed by atoms with E-state index in [4.69, 9.17) is 9.15 Å². The summed E-state index contributed by atoms with van der Waals surface area (Å²) in [4.78, 5) is 29.1. The Bertz CT molecular complexity index is 1470. The molecule has 5 rings (SSSR count). The molecule has 1 atom stereocenters. The average molecular weight is 454 g/mol. The Morgan fingerprint density at radius 2 is 1.68 bits per heavy atom. The first kappa shape index (κ1) is 22.0. The Morgan fingerprint density at radius 1 is 0.912 bits per heavy atom. The second-order valence-electron chi connectivity index (χ2n) is 8.94. The minimum Gasteiger partial charge on any atom is -0.494 e. The number of fused-ring (bicyclic) bond motifs is 2. The molecule has 0 saturated heterocycles. The van der Waals surface area contributed by atoms with Crippen LogP contribution < -0.4 is 15.1 Å². The van der Waals surface area contributed by atoms with Crippen molar-refractivity contribution in [2.45, 2.75) is 40.2 Å². The normalized spacial score (nSPS) is 15.1. The van der Waals surface area contributed by atoms with E-state index in [1.54, 1.807) is 11.0 Å². The Labute approximate surface area is 198 Å². The molecular formula is C29H27NO4. The summed E-state index contributed by atoms with van der Waals surface area (Å²) in [7, 11) is 0. The number of carbonyl (C=O) groups is 1. The summed E-state index contributed by atoms with van der Waals surface area (Å²) in [6, 6.07) is 18.4. The van der Waals surface area contributed by atoms with Gasteiger partial charge in [-0.25, -0.2) is 0 Å². The van der Waals surface area contributed by atoms with Crippen LogP contribution in [0.3, 0.4) is 0 Å². The molecule has 2 heterocycles. The van der Waals surface area contributed by atoms with Gasteiger partial charge < -0.3 is 9.15 Å². The lowest BCUT2D eigenvalue weighted by Crippen LogP contribution is -2.29. The summed E-state index contributed by atoms with van der Waals surface area (Å²) in [6.07, 6.45) is 0.917. The van der Waals surface area contributed by atoms with Crippen molar-refractivity contribution in [3.8, 4) is 5.75 Å². The highest BCUT2D eigenvalue weighted by atomic mass is 16.5. The van der Waals surface area contributed by atoms with Crippen LogP contribution >= 0.6 is 0 Å². The minimum absolute atomic E-state index is 0.107. The standard InChI is InChI=1S/C29H27NO4/c1-5-14-33-22-11-8-20(9-12-22)26-25-27(31)23-15-17(2)6-13-24(23)34-28(25)29(32)30(26)21-10-7-18(3)19(4)16-21/h6-13,15-16,26H,5,14H2,1-4H3. The van der Waals surface area contributed by atoms with Crippen molar-refractivity contribution in [3.63, 3.8) is 0 Å². The molecule has 0 fully saturated rings. The lowest BCUT2D eigenvalue weighted by molar-refractivity contribution is 0.0971. The number of aryl methyl sites for hydroxylation is 3. The van der Waals surface area contributed by atoms with Gasteiger partial charge in [0.25, 0.3) is 5.91 Å². The third-order valence-corrected chi connectivity index (χ3v) is 6.46. The Kier molecular flexibility index (Phi) is 5.48. The van der Waals surface area contributed by atoms with Gasteiger partial charge >= 0.3 is 0 Å². The quantitative estimate of drug-likeness (QED) is 0.358. The topological polar surface area (TPSA) is 59.8 Å². The zero-order valence-electron chi connectivity index (χ0n) is 19.8. The maximum Gasteiger partial charge on any atom is 0.295 e. The predicted molar refractivity (Wildman–Crippen MR) is 134 cm³/mol. The number of ether oxygens (including phenoxy) is 1. The van der Waals surface area contributed by atoms with Crippen molar-refractivity contribution in [2.75, 3.05) is 11.5 Å². The number of benzene rings is 3. The molecule has 5 nitrogen and oxygen atoms in total. The molecule has 4 aromatic rings. The van der Waals surface area contributed by atoms with Crippen molar-refractivity contribution in [3.05, 3.63) is 104 Å². The van der Waals surface area contributed by atoms with Crippen LogP contribution in [0.4, 0.5) is 5.69 Å². The van der Waals surface area contributed by atoms with Crippen LogP contribution in [0.25, 0.3) is 11.0 Å². The molecule has 3 aromatic carbocycles. The van der Waals surface area contributed by atoms with E-state index >= 15 is 0 Å². The Balaban J connectivity index is 1.73. The molecule has 0 bridgehead atoms. The van der Waals surface area contributed by atoms with Gasteiger partial charge in [-0.3, -0.25) is 14.5 Å². The third-order valence-electron chi connectivity index (χ3n) is 6.46. The van der Waals surface area contributed by atoms with Crippen LogP contribution in [0.15, 0.2) is 69.9 Å².